The first kappa shape index (κ1) is 53.3. The number of hydrogen-bond donors (Lipinski definition) is 11. The minimum Gasteiger partial charge on any atom is -0.394 e. The molecule has 6 heterocycles. The second-order valence-corrected chi connectivity index (χ2v) is 23.4. The molecule has 0 bridgehead atoms. The Balaban J connectivity index is 0.856. The Labute approximate surface area is 414 Å². The first-order valence-corrected chi connectivity index (χ1v) is 26.3. The molecule has 3 saturated carbocycles. The average molecular weight is 1020 g/mol. The van der Waals surface area contributed by atoms with Gasteiger partial charge in [0, 0.05) is 12.3 Å². The summed E-state index contributed by atoms with van der Waals surface area (Å²) < 4.78 is 61.6. The van der Waals surface area contributed by atoms with E-state index in [-0.39, 0.29) is 16.9 Å². The number of allylic oxidation sites excluding steroid dienone is 1. The van der Waals surface area contributed by atoms with Crippen LogP contribution in [0.25, 0.3) is 0 Å². The van der Waals surface area contributed by atoms with Crippen LogP contribution in [-0.2, 0) is 47.4 Å². The molecule has 406 valence electrons. The molecule has 10 aliphatic rings. The molecule has 0 aromatic rings. The lowest BCUT2D eigenvalue weighted by Gasteiger charge is -2.59. The minimum atomic E-state index is -1.93. The standard InChI is InChI=1S/C50H80O21/c1-20-8-13-50(63-18-20)21(2)32-29(71-50)15-27-25-7-6-23-14-24(9-11-48(23,4)26(25)10-12-49(27,32)5)65-47-43(70-45-38(59)36(57)33(54)22(3)64-45)39(60)41(31(17-52)67-47)68-46-40(61)42(35(56)30(16-51)66-46)69-44-37(58)34(55)28(53)19-62-44/h6,20-22,24-47,51-61H,7-19H2,1-5H3/t20-,21-,22-,24-,25-,26+,27+,28+,29+,30+,31+,32+,33-,34-,35+,36+,37+,38+,39-,40+,41+,42-,43+,44-,45-,46-,47+,48-,49-,50-/m0/s1. The van der Waals surface area contributed by atoms with Crippen molar-refractivity contribution in [3.05, 3.63) is 11.6 Å². The average Bonchev–Trinajstić information content (AvgIpc) is 3.80. The van der Waals surface area contributed by atoms with E-state index in [0.29, 0.717) is 48.3 Å². The summed E-state index contributed by atoms with van der Waals surface area (Å²) in [7, 11) is 0. The van der Waals surface area contributed by atoms with Crippen molar-refractivity contribution in [1.29, 1.82) is 0 Å². The van der Waals surface area contributed by atoms with E-state index in [1.54, 1.807) is 0 Å². The van der Waals surface area contributed by atoms with Crippen LogP contribution in [0.1, 0.15) is 92.4 Å². The smallest absolute Gasteiger partial charge is 0.187 e. The predicted octanol–water partition coefficient (Wildman–Crippen LogP) is -1.32. The fraction of sp³-hybridized carbons (Fsp3) is 0.960. The maximum atomic E-state index is 12.3. The predicted molar refractivity (Wildman–Crippen MR) is 241 cm³/mol. The van der Waals surface area contributed by atoms with Gasteiger partial charge in [0.1, 0.15) is 85.5 Å². The summed E-state index contributed by atoms with van der Waals surface area (Å²) >= 11 is 0. The van der Waals surface area contributed by atoms with Crippen molar-refractivity contribution >= 4 is 0 Å². The van der Waals surface area contributed by atoms with Crippen molar-refractivity contribution in [3.63, 3.8) is 0 Å². The van der Waals surface area contributed by atoms with E-state index < -0.39 is 148 Å². The molecule has 30 atom stereocenters. The van der Waals surface area contributed by atoms with E-state index in [0.717, 1.165) is 51.6 Å². The van der Waals surface area contributed by atoms with Crippen LogP contribution in [0, 0.1) is 46.3 Å². The number of rotatable bonds is 10. The van der Waals surface area contributed by atoms with E-state index in [1.165, 1.54) is 12.5 Å². The first-order chi connectivity index (χ1) is 33.7. The normalized spacial score (nSPS) is 57.4. The third-order valence-corrected chi connectivity index (χ3v) is 19.4. The second-order valence-electron chi connectivity index (χ2n) is 23.4. The van der Waals surface area contributed by atoms with Gasteiger partial charge in [0.05, 0.1) is 44.7 Å². The number of ether oxygens (including phenoxy) is 10. The van der Waals surface area contributed by atoms with E-state index in [2.05, 4.69) is 33.8 Å². The summed E-state index contributed by atoms with van der Waals surface area (Å²) in [4.78, 5) is 0. The Morgan fingerprint density at radius 1 is 0.620 bits per heavy atom. The van der Waals surface area contributed by atoms with Crippen LogP contribution >= 0.6 is 0 Å². The van der Waals surface area contributed by atoms with E-state index in [9.17, 15) is 56.2 Å². The topological polar surface area (TPSA) is 315 Å². The van der Waals surface area contributed by atoms with E-state index >= 15 is 0 Å². The number of aliphatic hydroxyl groups is 11. The lowest BCUT2D eigenvalue weighted by atomic mass is 9.47. The van der Waals surface area contributed by atoms with Gasteiger partial charge in [-0.3, -0.25) is 0 Å². The lowest BCUT2D eigenvalue weighted by Crippen LogP contribution is -2.67. The summed E-state index contributed by atoms with van der Waals surface area (Å²) in [5.41, 5.74) is 1.38. The van der Waals surface area contributed by atoms with Crippen LogP contribution < -0.4 is 0 Å². The van der Waals surface area contributed by atoms with Crippen molar-refractivity contribution in [3.8, 4) is 0 Å². The van der Waals surface area contributed by atoms with E-state index in [4.69, 9.17) is 47.4 Å². The molecule has 6 aliphatic heterocycles. The van der Waals surface area contributed by atoms with Gasteiger partial charge in [0.15, 0.2) is 30.9 Å². The van der Waals surface area contributed by atoms with Crippen LogP contribution in [0.15, 0.2) is 11.6 Å². The number of hydrogen-bond acceptors (Lipinski definition) is 21. The molecule has 0 aromatic carbocycles. The van der Waals surface area contributed by atoms with Gasteiger partial charge in [-0.2, -0.15) is 0 Å². The Bertz CT molecular complexity index is 1870. The maximum Gasteiger partial charge on any atom is 0.187 e. The second kappa shape index (κ2) is 20.4. The zero-order valence-electron chi connectivity index (χ0n) is 41.4. The quantitative estimate of drug-likeness (QED) is 0.113. The molecule has 1 spiro atoms. The van der Waals surface area contributed by atoms with Crippen LogP contribution in [0.3, 0.4) is 0 Å². The van der Waals surface area contributed by atoms with Crippen molar-refractivity contribution in [1.82, 2.24) is 0 Å². The Kier molecular flexibility index (Phi) is 15.3. The van der Waals surface area contributed by atoms with Crippen LogP contribution in [0.4, 0.5) is 0 Å². The Morgan fingerprint density at radius 2 is 1.31 bits per heavy atom. The molecule has 0 radical (unpaired) electrons. The zero-order valence-corrected chi connectivity index (χ0v) is 41.4. The molecule has 0 unspecified atom stereocenters. The summed E-state index contributed by atoms with van der Waals surface area (Å²) in [6.45, 7) is 9.73. The Hall–Kier alpha value is -1.10. The molecular formula is C50H80O21. The fourth-order valence-electron chi connectivity index (χ4n) is 15.2. The molecule has 0 aromatic heterocycles. The summed E-state index contributed by atoms with van der Waals surface area (Å²) in [6, 6.07) is 0. The summed E-state index contributed by atoms with van der Waals surface area (Å²) in [6.07, 6.45) is -20.1. The minimum absolute atomic E-state index is 0.0780. The molecule has 71 heavy (non-hydrogen) atoms. The monoisotopic (exact) mass is 1020 g/mol. The lowest BCUT2D eigenvalue weighted by molar-refractivity contribution is -0.395. The van der Waals surface area contributed by atoms with Crippen LogP contribution in [0.2, 0.25) is 0 Å². The highest BCUT2D eigenvalue weighted by Gasteiger charge is 2.69. The van der Waals surface area contributed by atoms with Gasteiger partial charge in [-0.15, -0.1) is 0 Å². The molecule has 4 aliphatic carbocycles. The molecule has 6 saturated heterocycles. The van der Waals surface area contributed by atoms with Gasteiger partial charge in [0.25, 0.3) is 0 Å². The third kappa shape index (κ3) is 9.12. The van der Waals surface area contributed by atoms with Gasteiger partial charge in [-0.05, 0) is 98.7 Å². The van der Waals surface area contributed by atoms with Gasteiger partial charge < -0.3 is 104 Å². The first-order valence-electron chi connectivity index (χ1n) is 26.3. The van der Waals surface area contributed by atoms with Crippen LogP contribution in [0.5, 0.6) is 0 Å². The van der Waals surface area contributed by atoms with Crippen LogP contribution in [-0.4, -0.2) is 217 Å². The van der Waals surface area contributed by atoms with Crippen molar-refractivity contribution in [2.45, 2.75) is 227 Å². The highest BCUT2D eigenvalue weighted by Crippen LogP contribution is 2.71. The highest BCUT2D eigenvalue weighted by molar-refractivity contribution is 5.26. The number of fused-ring (bicyclic) bond motifs is 7. The molecule has 21 nitrogen and oxygen atoms in total. The molecule has 0 amide bonds. The molecule has 9 fully saturated rings. The summed E-state index contributed by atoms with van der Waals surface area (Å²) in [5, 5.41) is 119. The SMILES string of the molecule is C[C@H]1CC[C@]2(OC1)O[C@@H]1C[C@@H]3[C@H]4CC=C5C[C@@H](O[C@@H]6O[C@H](CO)[C@@H](O[C@@H]7O[C@H](CO)[C@@H](O)[C@H](O[C@@H]8OC[C@@H](O)[C@H](O)[C@H]8O)[C@H]7O)[C@H](O)[C@H]6O[C@@H]6O[C@@H](C)[C@H](O)[C@@H](O)[C@H]6O)CC[C@]5(C)[C@@H]4CC[C@]3(C)[C@@H]1[C@@H]2C. The zero-order chi connectivity index (χ0) is 50.6. The maximum absolute atomic E-state index is 12.3. The molecule has 21 heteroatoms. The van der Waals surface area contributed by atoms with Gasteiger partial charge in [-0.1, -0.05) is 39.3 Å². The van der Waals surface area contributed by atoms with Crippen molar-refractivity contribution in [2.24, 2.45) is 46.3 Å². The third-order valence-electron chi connectivity index (χ3n) is 19.4. The van der Waals surface area contributed by atoms with Gasteiger partial charge in [0.2, 0.25) is 0 Å². The Morgan fingerprint density at radius 3 is 2.03 bits per heavy atom. The molecule has 11 N–H and O–H groups in total. The largest absolute Gasteiger partial charge is 0.394 e. The van der Waals surface area contributed by atoms with Crippen molar-refractivity contribution in [2.75, 3.05) is 26.4 Å². The highest BCUT2D eigenvalue weighted by atomic mass is 16.8. The number of aliphatic hydroxyl groups excluding tert-OH is 11. The van der Waals surface area contributed by atoms with E-state index in [1.807, 2.05) is 0 Å². The molecule has 10 rings (SSSR count). The van der Waals surface area contributed by atoms with Crippen molar-refractivity contribution < 1.29 is 104 Å². The summed E-state index contributed by atoms with van der Waals surface area (Å²) in [5.74, 6) is 2.38. The fourth-order valence-corrected chi connectivity index (χ4v) is 15.2. The molecular weight excluding hydrogens is 937 g/mol. The van der Waals surface area contributed by atoms with Gasteiger partial charge >= 0.3 is 0 Å². The van der Waals surface area contributed by atoms with Gasteiger partial charge in [-0.25, -0.2) is 0 Å².